The standard InChI is InChI=1S/C19H20N2OS/c1-2-21-9-8-13-14(12-6-4-3-5-7-12)10-15-17(16(13)11-21)20-19(22)18(15)23/h3-7,10,18,23H,2,8-9,11H2,1H3,(H,20,22). The Morgan fingerprint density at radius 1 is 1.26 bits per heavy atom. The van der Waals surface area contributed by atoms with Crippen LogP contribution >= 0.6 is 12.6 Å². The summed E-state index contributed by atoms with van der Waals surface area (Å²) >= 11 is 4.51. The van der Waals surface area contributed by atoms with Crippen LogP contribution < -0.4 is 5.32 Å². The van der Waals surface area contributed by atoms with Crippen molar-refractivity contribution >= 4 is 24.2 Å². The van der Waals surface area contributed by atoms with E-state index in [1.807, 2.05) is 6.07 Å². The van der Waals surface area contributed by atoms with Crippen LogP contribution in [-0.2, 0) is 17.8 Å². The highest BCUT2D eigenvalue weighted by Crippen LogP contribution is 2.44. The third-order valence-electron chi connectivity index (χ3n) is 4.96. The number of hydrogen-bond acceptors (Lipinski definition) is 3. The van der Waals surface area contributed by atoms with Gasteiger partial charge in [0, 0.05) is 13.1 Å². The number of carbonyl (C=O) groups excluding carboxylic acids is 1. The van der Waals surface area contributed by atoms with Gasteiger partial charge in [0.25, 0.3) is 0 Å². The second-order valence-corrected chi connectivity index (χ2v) is 6.74. The third kappa shape index (κ3) is 2.37. The second kappa shape index (κ2) is 5.69. The summed E-state index contributed by atoms with van der Waals surface area (Å²) in [6.07, 6.45) is 1.02. The fourth-order valence-corrected chi connectivity index (χ4v) is 3.94. The number of benzene rings is 2. The predicted molar refractivity (Wildman–Crippen MR) is 96.9 cm³/mol. The average Bonchev–Trinajstić information content (AvgIpc) is 2.89. The highest BCUT2D eigenvalue weighted by Gasteiger charge is 2.33. The maximum atomic E-state index is 12.1. The molecule has 1 unspecified atom stereocenters. The average molecular weight is 324 g/mol. The van der Waals surface area contributed by atoms with Crippen molar-refractivity contribution in [2.75, 3.05) is 18.4 Å². The molecule has 0 saturated heterocycles. The maximum absolute atomic E-state index is 12.1. The summed E-state index contributed by atoms with van der Waals surface area (Å²) in [6, 6.07) is 12.6. The Morgan fingerprint density at radius 2 is 2.04 bits per heavy atom. The molecule has 0 saturated carbocycles. The first kappa shape index (κ1) is 14.8. The zero-order valence-electron chi connectivity index (χ0n) is 13.2. The number of amides is 1. The second-order valence-electron chi connectivity index (χ2n) is 6.22. The van der Waals surface area contributed by atoms with E-state index in [1.165, 1.54) is 22.3 Å². The monoisotopic (exact) mass is 324 g/mol. The molecule has 4 rings (SSSR count). The van der Waals surface area contributed by atoms with E-state index in [0.29, 0.717) is 0 Å². The predicted octanol–water partition coefficient (Wildman–Crippen LogP) is 3.65. The summed E-state index contributed by atoms with van der Waals surface area (Å²) in [6.45, 7) is 5.18. The molecule has 0 radical (unpaired) electrons. The molecule has 23 heavy (non-hydrogen) atoms. The van der Waals surface area contributed by atoms with Crippen molar-refractivity contribution in [2.45, 2.75) is 25.1 Å². The van der Waals surface area contributed by atoms with Gasteiger partial charge >= 0.3 is 0 Å². The van der Waals surface area contributed by atoms with E-state index in [9.17, 15) is 4.79 Å². The van der Waals surface area contributed by atoms with Crippen LogP contribution in [0.4, 0.5) is 5.69 Å². The van der Waals surface area contributed by atoms with Gasteiger partial charge in [0.05, 0.1) is 5.69 Å². The van der Waals surface area contributed by atoms with Gasteiger partial charge in [-0.05, 0) is 46.8 Å². The summed E-state index contributed by atoms with van der Waals surface area (Å²) in [5, 5.41) is 2.69. The number of carbonyl (C=O) groups is 1. The van der Waals surface area contributed by atoms with Crippen LogP contribution in [0.5, 0.6) is 0 Å². The number of fused-ring (bicyclic) bond motifs is 3. The first-order chi connectivity index (χ1) is 11.2. The number of hydrogen-bond donors (Lipinski definition) is 2. The summed E-state index contributed by atoms with van der Waals surface area (Å²) in [4.78, 5) is 14.5. The molecule has 0 fully saturated rings. The molecular weight excluding hydrogens is 304 g/mol. The van der Waals surface area contributed by atoms with Crippen molar-refractivity contribution in [3.8, 4) is 11.1 Å². The molecule has 0 aliphatic carbocycles. The van der Waals surface area contributed by atoms with Crippen molar-refractivity contribution < 1.29 is 4.79 Å². The van der Waals surface area contributed by atoms with Crippen LogP contribution in [0.25, 0.3) is 11.1 Å². The van der Waals surface area contributed by atoms with E-state index in [0.717, 1.165) is 37.3 Å². The van der Waals surface area contributed by atoms with Gasteiger partial charge in [-0.25, -0.2) is 0 Å². The molecule has 1 N–H and O–H groups in total. The SMILES string of the molecule is CCN1CCc2c(-c3ccccc3)cc3c(c2C1)NC(=O)C3S. The minimum absolute atomic E-state index is 0.00985. The van der Waals surface area contributed by atoms with Gasteiger partial charge in [-0.3, -0.25) is 9.69 Å². The lowest BCUT2D eigenvalue weighted by atomic mass is 9.87. The van der Waals surface area contributed by atoms with Crippen LogP contribution in [0.1, 0.15) is 28.9 Å². The number of nitrogens with zero attached hydrogens (tertiary/aromatic N) is 1. The molecule has 2 heterocycles. The van der Waals surface area contributed by atoms with Crippen LogP contribution in [0.3, 0.4) is 0 Å². The largest absolute Gasteiger partial charge is 0.324 e. The van der Waals surface area contributed by atoms with Crippen molar-refractivity contribution in [2.24, 2.45) is 0 Å². The molecule has 0 spiro atoms. The number of likely N-dealkylation sites (N-methyl/N-ethyl adjacent to an activating group) is 1. The molecular formula is C19H20N2OS. The summed E-state index contributed by atoms with van der Waals surface area (Å²) in [7, 11) is 0. The van der Waals surface area contributed by atoms with Gasteiger partial charge in [0.15, 0.2) is 0 Å². The van der Waals surface area contributed by atoms with Crippen molar-refractivity contribution in [1.82, 2.24) is 4.90 Å². The Kier molecular flexibility index (Phi) is 3.66. The van der Waals surface area contributed by atoms with Crippen molar-refractivity contribution in [1.29, 1.82) is 0 Å². The zero-order valence-corrected chi connectivity index (χ0v) is 14.1. The van der Waals surface area contributed by atoms with Gasteiger partial charge in [0.2, 0.25) is 5.91 Å². The van der Waals surface area contributed by atoms with Crippen LogP contribution in [0, 0.1) is 0 Å². The number of thiol groups is 1. The lowest BCUT2D eigenvalue weighted by molar-refractivity contribution is -0.115. The van der Waals surface area contributed by atoms with Crippen LogP contribution in [0.15, 0.2) is 36.4 Å². The quantitative estimate of drug-likeness (QED) is 0.827. The van der Waals surface area contributed by atoms with E-state index >= 15 is 0 Å². The third-order valence-corrected chi connectivity index (χ3v) is 5.48. The van der Waals surface area contributed by atoms with Crippen LogP contribution in [-0.4, -0.2) is 23.9 Å². The normalized spacial score (nSPS) is 20.1. The maximum Gasteiger partial charge on any atom is 0.241 e. The van der Waals surface area contributed by atoms with Gasteiger partial charge < -0.3 is 5.32 Å². The number of anilines is 1. The van der Waals surface area contributed by atoms with Crippen molar-refractivity contribution in [3.05, 3.63) is 53.1 Å². The minimum atomic E-state index is -0.366. The molecule has 2 aliphatic rings. The van der Waals surface area contributed by atoms with E-state index in [-0.39, 0.29) is 11.2 Å². The Morgan fingerprint density at radius 3 is 2.78 bits per heavy atom. The minimum Gasteiger partial charge on any atom is -0.324 e. The van der Waals surface area contributed by atoms with E-state index in [4.69, 9.17) is 0 Å². The molecule has 2 aromatic rings. The smallest absolute Gasteiger partial charge is 0.241 e. The molecule has 2 aromatic carbocycles. The molecule has 0 bridgehead atoms. The molecule has 0 aromatic heterocycles. The topological polar surface area (TPSA) is 32.3 Å². The van der Waals surface area contributed by atoms with Crippen LogP contribution in [0.2, 0.25) is 0 Å². The number of rotatable bonds is 2. The van der Waals surface area contributed by atoms with E-state index in [1.54, 1.807) is 0 Å². The Labute approximate surface area is 142 Å². The van der Waals surface area contributed by atoms with Gasteiger partial charge in [-0.1, -0.05) is 37.3 Å². The summed E-state index contributed by atoms with van der Waals surface area (Å²) in [5.74, 6) is -0.00985. The molecule has 118 valence electrons. The highest BCUT2D eigenvalue weighted by atomic mass is 32.1. The lowest BCUT2D eigenvalue weighted by Gasteiger charge is -2.31. The molecule has 3 nitrogen and oxygen atoms in total. The molecule has 1 atom stereocenters. The Balaban J connectivity index is 1.94. The molecule has 1 amide bonds. The molecule has 4 heteroatoms. The van der Waals surface area contributed by atoms with E-state index < -0.39 is 0 Å². The fraction of sp³-hybridized carbons (Fsp3) is 0.316. The molecule has 2 aliphatic heterocycles. The lowest BCUT2D eigenvalue weighted by Crippen LogP contribution is -2.31. The zero-order chi connectivity index (χ0) is 16.0. The summed E-state index contributed by atoms with van der Waals surface area (Å²) in [5.41, 5.74) is 7.15. The van der Waals surface area contributed by atoms with Gasteiger partial charge in [-0.2, -0.15) is 12.6 Å². The fourth-order valence-electron chi connectivity index (χ4n) is 3.68. The summed E-state index contributed by atoms with van der Waals surface area (Å²) < 4.78 is 0. The van der Waals surface area contributed by atoms with E-state index in [2.05, 4.69) is 60.1 Å². The first-order valence-electron chi connectivity index (χ1n) is 8.14. The first-order valence-corrected chi connectivity index (χ1v) is 8.66. The Hall–Kier alpha value is -1.78. The highest BCUT2D eigenvalue weighted by molar-refractivity contribution is 7.81. The van der Waals surface area contributed by atoms with Gasteiger partial charge in [-0.15, -0.1) is 0 Å². The Bertz CT molecular complexity index is 773. The number of nitrogens with one attached hydrogen (secondary N) is 1. The van der Waals surface area contributed by atoms with Crippen molar-refractivity contribution in [3.63, 3.8) is 0 Å². The van der Waals surface area contributed by atoms with Gasteiger partial charge in [0.1, 0.15) is 5.25 Å².